The molecule has 2 rings (SSSR count). The molecule has 3 nitrogen and oxygen atoms in total. The van der Waals surface area contributed by atoms with Crippen LogP contribution in [0, 0.1) is 11.6 Å². The van der Waals surface area contributed by atoms with Crippen molar-refractivity contribution in [2.24, 2.45) is 0 Å². The number of morpholine rings is 1. The molecule has 0 aromatic heterocycles. The van der Waals surface area contributed by atoms with Crippen LogP contribution in [0.2, 0.25) is 0 Å². The van der Waals surface area contributed by atoms with Gasteiger partial charge in [0.25, 0.3) is 5.91 Å². The number of carbonyl (C=O) groups is 1. The summed E-state index contributed by atoms with van der Waals surface area (Å²) >= 11 is 5.72. The number of amides is 1. The van der Waals surface area contributed by atoms with E-state index in [1.54, 1.807) is 6.92 Å². The second-order valence-electron chi connectivity index (χ2n) is 4.56. The van der Waals surface area contributed by atoms with Crippen molar-refractivity contribution < 1.29 is 18.3 Å². The van der Waals surface area contributed by atoms with Crippen LogP contribution in [-0.4, -0.2) is 42.0 Å². The summed E-state index contributed by atoms with van der Waals surface area (Å²) in [5, 5.41) is 0. The Morgan fingerprint density at radius 1 is 1.47 bits per heavy atom. The van der Waals surface area contributed by atoms with Crippen molar-refractivity contribution in [2.45, 2.75) is 19.1 Å². The van der Waals surface area contributed by atoms with E-state index in [2.05, 4.69) is 0 Å². The third-order valence-corrected chi connectivity index (χ3v) is 3.29. The minimum absolute atomic E-state index is 0.182. The van der Waals surface area contributed by atoms with Gasteiger partial charge in [-0.25, -0.2) is 8.78 Å². The number of benzene rings is 1. The molecule has 1 aromatic carbocycles. The minimum Gasteiger partial charge on any atom is -0.370 e. The molecule has 0 bridgehead atoms. The topological polar surface area (TPSA) is 29.5 Å². The summed E-state index contributed by atoms with van der Waals surface area (Å²) in [6.45, 7) is 2.42. The van der Waals surface area contributed by atoms with E-state index in [1.807, 2.05) is 0 Å². The van der Waals surface area contributed by atoms with Crippen LogP contribution in [0.3, 0.4) is 0 Å². The van der Waals surface area contributed by atoms with Crippen LogP contribution in [0.4, 0.5) is 8.78 Å². The van der Waals surface area contributed by atoms with Gasteiger partial charge in [-0.05, 0) is 25.1 Å². The van der Waals surface area contributed by atoms with E-state index < -0.39 is 17.5 Å². The molecule has 0 saturated carbocycles. The van der Waals surface area contributed by atoms with E-state index in [4.69, 9.17) is 16.3 Å². The predicted octanol–water partition coefficient (Wildman–Crippen LogP) is 2.43. The highest BCUT2D eigenvalue weighted by molar-refractivity contribution is 6.18. The van der Waals surface area contributed by atoms with Crippen LogP contribution in [0.1, 0.15) is 17.3 Å². The minimum atomic E-state index is -0.729. The van der Waals surface area contributed by atoms with Gasteiger partial charge in [0.15, 0.2) is 0 Å². The first kappa shape index (κ1) is 14.2. The van der Waals surface area contributed by atoms with Gasteiger partial charge in [0.1, 0.15) is 11.6 Å². The van der Waals surface area contributed by atoms with Gasteiger partial charge >= 0.3 is 0 Å². The SMILES string of the molecule is CC1CN(C(=O)c2cc(F)ccc2F)CC(CCl)O1. The van der Waals surface area contributed by atoms with Crippen molar-refractivity contribution in [3.05, 3.63) is 35.4 Å². The Morgan fingerprint density at radius 2 is 2.21 bits per heavy atom. The maximum atomic E-state index is 13.6. The summed E-state index contributed by atoms with van der Waals surface area (Å²) in [7, 11) is 0. The Hall–Kier alpha value is -1.20. The molecule has 1 fully saturated rings. The summed E-state index contributed by atoms with van der Waals surface area (Å²) in [5.41, 5.74) is -0.262. The van der Waals surface area contributed by atoms with Crippen LogP contribution in [0.15, 0.2) is 18.2 Å². The van der Waals surface area contributed by atoms with E-state index in [1.165, 1.54) is 4.90 Å². The summed E-state index contributed by atoms with van der Waals surface area (Å²) in [6.07, 6.45) is -0.468. The van der Waals surface area contributed by atoms with Gasteiger partial charge in [-0.2, -0.15) is 0 Å². The number of hydrogen-bond donors (Lipinski definition) is 0. The molecule has 0 N–H and O–H groups in total. The smallest absolute Gasteiger partial charge is 0.257 e. The number of nitrogens with zero attached hydrogens (tertiary/aromatic N) is 1. The molecule has 19 heavy (non-hydrogen) atoms. The third kappa shape index (κ3) is 3.22. The summed E-state index contributed by atoms with van der Waals surface area (Å²) in [5.74, 6) is -1.66. The molecule has 1 aliphatic rings. The normalized spacial score (nSPS) is 23.5. The molecule has 104 valence electrons. The van der Waals surface area contributed by atoms with Crippen molar-refractivity contribution in [2.75, 3.05) is 19.0 Å². The molecule has 2 atom stereocenters. The lowest BCUT2D eigenvalue weighted by molar-refractivity contribution is -0.0571. The molecule has 1 aromatic rings. The largest absolute Gasteiger partial charge is 0.370 e. The molecule has 1 aliphatic heterocycles. The van der Waals surface area contributed by atoms with Gasteiger partial charge in [-0.1, -0.05) is 0 Å². The molecular weight excluding hydrogens is 276 g/mol. The van der Waals surface area contributed by atoms with Crippen LogP contribution < -0.4 is 0 Å². The van der Waals surface area contributed by atoms with Gasteiger partial charge in [0.2, 0.25) is 0 Å². The number of rotatable bonds is 2. The Bertz CT molecular complexity index is 484. The fourth-order valence-electron chi connectivity index (χ4n) is 2.13. The fraction of sp³-hybridized carbons (Fsp3) is 0.462. The Kier molecular flexibility index (Phi) is 4.37. The lowest BCUT2D eigenvalue weighted by atomic mass is 10.1. The van der Waals surface area contributed by atoms with Crippen molar-refractivity contribution in [3.8, 4) is 0 Å². The van der Waals surface area contributed by atoms with Crippen LogP contribution in [-0.2, 0) is 4.74 Å². The van der Waals surface area contributed by atoms with Crippen molar-refractivity contribution in [3.63, 3.8) is 0 Å². The van der Waals surface area contributed by atoms with Gasteiger partial charge < -0.3 is 9.64 Å². The zero-order valence-electron chi connectivity index (χ0n) is 10.4. The molecule has 0 aliphatic carbocycles. The zero-order valence-corrected chi connectivity index (χ0v) is 11.2. The summed E-state index contributed by atoms with van der Waals surface area (Å²) in [6, 6.07) is 2.84. The predicted molar refractivity (Wildman–Crippen MR) is 67.3 cm³/mol. The number of hydrogen-bond acceptors (Lipinski definition) is 2. The second-order valence-corrected chi connectivity index (χ2v) is 4.87. The maximum absolute atomic E-state index is 13.6. The fourth-order valence-corrected chi connectivity index (χ4v) is 2.30. The molecule has 1 heterocycles. The Balaban J connectivity index is 2.21. The van der Waals surface area contributed by atoms with Crippen LogP contribution in [0.5, 0.6) is 0 Å². The molecule has 6 heteroatoms. The summed E-state index contributed by atoms with van der Waals surface area (Å²) in [4.78, 5) is 13.6. The second kappa shape index (κ2) is 5.84. The highest BCUT2D eigenvalue weighted by Gasteiger charge is 2.29. The first-order chi connectivity index (χ1) is 9.01. The van der Waals surface area contributed by atoms with E-state index in [9.17, 15) is 13.6 Å². The number of alkyl halides is 1. The molecule has 1 amide bonds. The van der Waals surface area contributed by atoms with E-state index in [0.29, 0.717) is 6.54 Å². The van der Waals surface area contributed by atoms with Gasteiger partial charge in [-0.3, -0.25) is 4.79 Å². The highest BCUT2D eigenvalue weighted by atomic mass is 35.5. The molecule has 0 radical (unpaired) electrons. The highest BCUT2D eigenvalue weighted by Crippen LogP contribution is 2.18. The van der Waals surface area contributed by atoms with E-state index in [0.717, 1.165) is 18.2 Å². The average Bonchev–Trinajstić information content (AvgIpc) is 2.40. The number of ether oxygens (including phenoxy) is 1. The molecular formula is C13H14ClF2NO2. The molecule has 1 saturated heterocycles. The maximum Gasteiger partial charge on any atom is 0.257 e. The van der Waals surface area contributed by atoms with E-state index >= 15 is 0 Å². The van der Waals surface area contributed by atoms with Crippen molar-refractivity contribution in [1.82, 2.24) is 4.90 Å². The lowest BCUT2D eigenvalue weighted by Crippen LogP contribution is -2.50. The van der Waals surface area contributed by atoms with Crippen LogP contribution >= 0.6 is 11.6 Å². The van der Waals surface area contributed by atoms with Gasteiger partial charge in [0, 0.05) is 13.1 Å². The molecule has 0 spiro atoms. The third-order valence-electron chi connectivity index (χ3n) is 2.94. The molecule has 2 unspecified atom stereocenters. The monoisotopic (exact) mass is 289 g/mol. The Morgan fingerprint density at radius 3 is 2.89 bits per heavy atom. The Labute approximate surface area is 115 Å². The van der Waals surface area contributed by atoms with Gasteiger partial charge in [-0.15, -0.1) is 11.6 Å². The number of halogens is 3. The average molecular weight is 290 g/mol. The van der Waals surface area contributed by atoms with Gasteiger partial charge in [0.05, 0.1) is 23.7 Å². The van der Waals surface area contributed by atoms with Crippen molar-refractivity contribution in [1.29, 1.82) is 0 Å². The standard InChI is InChI=1S/C13H14ClF2NO2/c1-8-6-17(7-10(5-14)19-8)13(18)11-4-9(15)2-3-12(11)16/h2-4,8,10H,5-7H2,1H3. The number of carbonyl (C=O) groups excluding carboxylic acids is 1. The zero-order chi connectivity index (χ0) is 14.0. The summed E-state index contributed by atoms with van der Waals surface area (Å²) < 4.78 is 32.2. The first-order valence-electron chi connectivity index (χ1n) is 5.97. The lowest BCUT2D eigenvalue weighted by Gasteiger charge is -2.36. The quantitative estimate of drug-likeness (QED) is 0.783. The van der Waals surface area contributed by atoms with E-state index in [-0.39, 0.29) is 30.2 Å². The van der Waals surface area contributed by atoms with Crippen LogP contribution in [0.25, 0.3) is 0 Å². The first-order valence-corrected chi connectivity index (χ1v) is 6.50. The van der Waals surface area contributed by atoms with Crippen molar-refractivity contribution >= 4 is 17.5 Å².